The van der Waals surface area contributed by atoms with Gasteiger partial charge in [-0.2, -0.15) is 13.2 Å². The number of hydrogen-bond acceptors (Lipinski definition) is 5. The average Bonchev–Trinajstić information content (AvgIpc) is 2.75. The predicted molar refractivity (Wildman–Crippen MR) is 109 cm³/mol. The number of carbonyl (C=O) groups is 2. The van der Waals surface area contributed by atoms with E-state index in [4.69, 9.17) is 4.74 Å². The summed E-state index contributed by atoms with van der Waals surface area (Å²) < 4.78 is 43.5. The third-order valence-corrected chi connectivity index (χ3v) is 6.33. The Hall–Kier alpha value is -2.32. The Balaban J connectivity index is 1.45. The molecule has 2 fully saturated rings. The Kier molecular flexibility index (Phi) is 7.43. The van der Waals surface area contributed by atoms with Crippen molar-refractivity contribution < 1.29 is 27.5 Å². The van der Waals surface area contributed by atoms with Crippen LogP contribution in [0.15, 0.2) is 18.3 Å². The van der Waals surface area contributed by atoms with E-state index >= 15 is 0 Å². The lowest BCUT2D eigenvalue weighted by molar-refractivity contribution is -0.159. The van der Waals surface area contributed by atoms with Crippen LogP contribution in [0.4, 0.5) is 19.0 Å². The zero-order valence-electron chi connectivity index (χ0n) is 18.0. The van der Waals surface area contributed by atoms with Crippen molar-refractivity contribution in [2.24, 2.45) is 11.8 Å². The van der Waals surface area contributed by atoms with Crippen LogP contribution in [0.3, 0.4) is 0 Å². The highest BCUT2D eigenvalue weighted by molar-refractivity contribution is 5.84. The van der Waals surface area contributed by atoms with E-state index in [1.54, 1.807) is 6.92 Å². The maximum Gasteiger partial charge on any atom is 0.417 e. The van der Waals surface area contributed by atoms with Gasteiger partial charge in [0.2, 0.25) is 0 Å². The summed E-state index contributed by atoms with van der Waals surface area (Å²) in [5.41, 5.74) is -0.787. The van der Waals surface area contributed by atoms with Crippen molar-refractivity contribution in [3.8, 4) is 0 Å². The molecule has 1 aromatic rings. The van der Waals surface area contributed by atoms with Crippen LogP contribution in [-0.2, 0) is 20.5 Å². The second kappa shape index (κ2) is 9.87. The van der Waals surface area contributed by atoms with Gasteiger partial charge in [0.05, 0.1) is 11.5 Å². The smallest absolute Gasteiger partial charge is 0.417 e. The molecule has 1 aliphatic heterocycles. The van der Waals surface area contributed by atoms with Gasteiger partial charge in [-0.25, -0.2) is 4.98 Å². The number of hydrogen-bond donors (Lipinski definition) is 1. The monoisotopic (exact) mass is 441 g/mol. The number of amides is 1. The van der Waals surface area contributed by atoms with Crippen LogP contribution in [0.2, 0.25) is 0 Å². The van der Waals surface area contributed by atoms with Gasteiger partial charge >= 0.3 is 12.1 Å². The molecule has 0 spiro atoms. The Morgan fingerprint density at radius 2 is 1.84 bits per heavy atom. The third-order valence-electron chi connectivity index (χ3n) is 6.33. The van der Waals surface area contributed by atoms with Crippen LogP contribution in [0.1, 0.15) is 57.9 Å². The van der Waals surface area contributed by atoms with Gasteiger partial charge in [0.15, 0.2) is 6.10 Å². The van der Waals surface area contributed by atoms with Gasteiger partial charge in [-0.15, -0.1) is 0 Å². The summed E-state index contributed by atoms with van der Waals surface area (Å²) in [7, 11) is 0. The molecule has 0 unspecified atom stereocenters. The number of esters is 1. The minimum atomic E-state index is -4.42. The SMILES string of the molecule is C[C@H](OC(=O)C1CCN(c2ccc(C(F)(F)F)cn2)CC1)C(=O)N[C@@H]1CCCC[C@H]1C. The van der Waals surface area contributed by atoms with Gasteiger partial charge in [-0.1, -0.05) is 19.8 Å². The first-order valence-corrected chi connectivity index (χ1v) is 10.9. The van der Waals surface area contributed by atoms with Crippen molar-refractivity contribution in [3.05, 3.63) is 23.9 Å². The Bertz CT molecular complexity index is 762. The topological polar surface area (TPSA) is 71.5 Å². The molecule has 2 heterocycles. The highest BCUT2D eigenvalue weighted by atomic mass is 19.4. The van der Waals surface area contributed by atoms with Gasteiger partial charge in [0, 0.05) is 25.3 Å². The summed E-state index contributed by atoms with van der Waals surface area (Å²) in [5.74, 6) is -0.134. The number of nitrogens with one attached hydrogen (secondary N) is 1. The fourth-order valence-electron chi connectivity index (χ4n) is 4.24. The van der Waals surface area contributed by atoms with Crippen molar-refractivity contribution in [1.82, 2.24) is 10.3 Å². The molecule has 3 rings (SSSR count). The highest BCUT2D eigenvalue weighted by Gasteiger charge is 2.33. The largest absolute Gasteiger partial charge is 0.452 e. The fraction of sp³-hybridized carbons (Fsp3) is 0.682. The van der Waals surface area contributed by atoms with E-state index in [2.05, 4.69) is 17.2 Å². The molecule has 1 aliphatic carbocycles. The normalized spacial score (nSPS) is 23.8. The maximum absolute atomic E-state index is 12.7. The van der Waals surface area contributed by atoms with E-state index in [9.17, 15) is 22.8 Å². The molecule has 2 aliphatic rings. The van der Waals surface area contributed by atoms with Crippen molar-refractivity contribution in [2.45, 2.75) is 70.7 Å². The summed E-state index contributed by atoms with van der Waals surface area (Å²) in [5, 5.41) is 3.01. The molecular weight excluding hydrogens is 411 g/mol. The number of ether oxygens (including phenoxy) is 1. The van der Waals surface area contributed by atoms with Crippen LogP contribution < -0.4 is 10.2 Å². The van der Waals surface area contributed by atoms with E-state index in [0.29, 0.717) is 37.7 Å². The number of pyridine rings is 1. The number of aromatic nitrogens is 1. The molecule has 3 atom stereocenters. The zero-order valence-corrected chi connectivity index (χ0v) is 18.0. The summed E-state index contributed by atoms with van der Waals surface area (Å²) >= 11 is 0. The number of halogens is 3. The molecule has 1 saturated heterocycles. The Labute approximate surface area is 180 Å². The van der Waals surface area contributed by atoms with Crippen molar-refractivity contribution in [3.63, 3.8) is 0 Å². The number of piperidine rings is 1. The Morgan fingerprint density at radius 3 is 2.42 bits per heavy atom. The first-order chi connectivity index (χ1) is 14.6. The van der Waals surface area contributed by atoms with Crippen LogP contribution >= 0.6 is 0 Å². The lowest BCUT2D eigenvalue weighted by atomic mass is 9.86. The molecule has 172 valence electrons. The fourth-order valence-corrected chi connectivity index (χ4v) is 4.24. The summed E-state index contributed by atoms with van der Waals surface area (Å²) in [6.45, 7) is 4.68. The van der Waals surface area contributed by atoms with Crippen LogP contribution in [-0.4, -0.2) is 42.1 Å². The first kappa shape index (κ1) is 23.3. The molecule has 1 aromatic heterocycles. The standard InChI is InChI=1S/C22H30F3N3O3/c1-14-5-3-4-6-18(14)27-20(29)15(2)31-21(30)16-9-11-28(12-10-16)19-8-7-17(13-26-19)22(23,24)25/h7-8,13-16,18H,3-6,9-12H2,1-2H3,(H,27,29)/t14-,15+,18-/m1/s1. The van der Waals surface area contributed by atoms with Crippen molar-refractivity contribution in [1.29, 1.82) is 0 Å². The third kappa shape index (κ3) is 6.11. The Morgan fingerprint density at radius 1 is 1.16 bits per heavy atom. The molecule has 1 saturated carbocycles. The molecule has 1 amide bonds. The van der Waals surface area contributed by atoms with E-state index in [0.717, 1.165) is 31.5 Å². The lowest BCUT2D eigenvalue weighted by Crippen LogP contribution is -2.46. The second-order valence-corrected chi connectivity index (χ2v) is 8.62. The zero-order chi connectivity index (χ0) is 22.6. The summed E-state index contributed by atoms with van der Waals surface area (Å²) in [6.07, 6.45) is 0.856. The molecule has 0 aromatic carbocycles. The number of nitrogens with zero attached hydrogens (tertiary/aromatic N) is 2. The number of carbonyl (C=O) groups excluding carboxylic acids is 2. The maximum atomic E-state index is 12.7. The molecule has 0 bridgehead atoms. The van der Waals surface area contributed by atoms with Crippen LogP contribution in [0, 0.1) is 11.8 Å². The molecule has 9 heteroatoms. The van der Waals surface area contributed by atoms with Crippen LogP contribution in [0.5, 0.6) is 0 Å². The van der Waals surface area contributed by atoms with E-state index in [1.165, 1.54) is 12.5 Å². The minimum Gasteiger partial charge on any atom is -0.452 e. The molecule has 31 heavy (non-hydrogen) atoms. The highest BCUT2D eigenvalue weighted by Crippen LogP contribution is 2.30. The van der Waals surface area contributed by atoms with Gasteiger partial charge < -0.3 is 15.0 Å². The number of rotatable bonds is 5. The predicted octanol–water partition coefficient (Wildman–Crippen LogP) is 3.94. The molecule has 1 N–H and O–H groups in total. The van der Waals surface area contributed by atoms with Gasteiger partial charge in [-0.05, 0) is 50.7 Å². The second-order valence-electron chi connectivity index (χ2n) is 8.62. The van der Waals surface area contributed by atoms with Crippen molar-refractivity contribution >= 4 is 17.7 Å². The molecular formula is C22H30F3N3O3. The van der Waals surface area contributed by atoms with Gasteiger partial charge in [0.25, 0.3) is 5.91 Å². The van der Waals surface area contributed by atoms with Gasteiger partial charge in [0.1, 0.15) is 5.82 Å². The van der Waals surface area contributed by atoms with E-state index < -0.39 is 23.8 Å². The van der Waals surface area contributed by atoms with E-state index in [-0.39, 0.29) is 17.9 Å². The molecule has 6 nitrogen and oxygen atoms in total. The summed E-state index contributed by atoms with van der Waals surface area (Å²) in [4.78, 5) is 30.7. The lowest BCUT2D eigenvalue weighted by Gasteiger charge is -2.33. The van der Waals surface area contributed by atoms with E-state index in [1.807, 2.05) is 4.90 Å². The minimum absolute atomic E-state index is 0.127. The number of anilines is 1. The molecule has 0 radical (unpaired) electrons. The first-order valence-electron chi connectivity index (χ1n) is 10.9. The number of alkyl halides is 3. The van der Waals surface area contributed by atoms with Crippen LogP contribution in [0.25, 0.3) is 0 Å². The van der Waals surface area contributed by atoms with Gasteiger partial charge in [-0.3, -0.25) is 9.59 Å². The summed E-state index contributed by atoms with van der Waals surface area (Å²) in [6, 6.07) is 2.48. The quantitative estimate of drug-likeness (QED) is 0.701. The average molecular weight is 441 g/mol. The van der Waals surface area contributed by atoms with Crippen molar-refractivity contribution in [2.75, 3.05) is 18.0 Å².